The maximum absolute atomic E-state index is 11.7. The molecule has 2 aromatic carbocycles. The molecule has 140 valence electrons. The smallest absolute Gasteiger partial charge is 0.217 e. The van der Waals surface area contributed by atoms with Crippen LogP contribution in [0.1, 0.15) is 24.0 Å². The molecular formula is C20H22N4O3. The van der Waals surface area contributed by atoms with Crippen LogP contribution in [-0.2, 0) is 11.3 Å². The Hall–Kier alpha value is -2.93. The molecule has 1 N–H and O–H groups in total. The Morgan fingerprint density at radius 3 is 2.78 bits per heavy atom. The molecule has 27 heavy (non-hydrogen) atoms. The highest BCUT2D eigenvalue weighted by molar-refractivity contribution is 5.76. The van der Waals surface area contributed by atoms with Crippen molar-refractivity contribution in [2.45, 2.75) is 25.4 Å². The second-order valence-corrected chi connectivity index (χ2v) is 6.93. The number of hydrogen-bond acceptors (Lipinski definition) is 6. The molecule has 1 aliphatic heterocycles. The second kappa shape index (κ2) is 7.36. The lowest BCUT2D eigenvalue weighted by Gasteiger charge is -2.19. The Balaban J connectivity index is 1.56. The van der Waals surface area contributed by atoms with Crippen molar-refractivity contribution in [1.82, 2.24) is 20.5 Å². The minimum Gasteiger partial charge on any atom is -0.497 e. The van der Waals surface area contributed by atoms with Gasteiger partial charge in [0.2, 0.25) is 5.91 Å². The van der Waals surface area contributed by atoms with Gasteiger partial charge in [-0.25, -0.2) is 4.63 Å². The number of carbonyl (C=O) groups is 1. The van der Waals surface area contributed by atoms with Crippen LogP contribution in [0.5, 0.6) is 5.75 Å². The van der Waals surface area contributed by atoms with Crippen molar-refractivity contribution in [2.24, 2.45) is 0 Å². The van der Waals surface area contributed by atoms with Crippen LogP contribution in [0.4, 0.5) is 0 Å². The first-order valence-electron chi connectivity index (χ1n) is 8.97. The predicted molar refractivity (Wildman–Crippen MR) is 100 cm³/mol. The van der Waals surface area contributed by atoms with Crippen molar-refractivity contribution in [3.05, 3.63) is 53.6 Å². The Morgan fingerprint density at radius 2 is 2.04 bits per heavy atom. The second-order valence-electron chi connectivity index (χ2n) is 6.93. The summed E-state index contributed by atoms with van der Waals surface area (Å²) in [5.74, 6) is 1.03. The van der Waals surface area contributed by atoms with Crippen LogP contribution in [0.15, 0.2) is 47.1 Å². The molecule has 7 nitrogen and oxygen atoms in total. The Morgan fingerprint density at radius 1 is 1.22 bits per heavy atom. The van der Waals surface area contributed by atoms with Gasteiger partial charge in [-0.05, 0) is 39.6 Å². The molecule has 2 heterocycles. The van der Waals surface area contributed by atoms with Crippen LogP contribution >= 0.6 is 0 Å². The van der Waals surface area contributed by atoms with Crippen molar-refractivity contribution in [1.29, 1.82) is 0 Å². The first-order chi connectivity index (χ1) is 13.1. The van der Waals surface area contributed by atoms with E-state index >= 15 is 0 Å². The fourth-order valence-corrected chi connectivity index (χ4v) is 3.84. The highest BCUT2D eigenvalue weighted by Crippen LogP contribution is 2.30. The lowest BCUT2D eigenvalue weighted by molar-refractivity contribution is -0.119. The third-order valence-electron chi connectivity index (χ3n) is 5.09. The summed E-state index contributed by atoms with van der Waals surface area (Å²) >= 11 is 0. The van der Waals surface area contributed by atoms with Crippen LogP contribution < -0.4 is 10.1 Å². The zero-order valence-corrected chi connectivity index (χ0v) is 15.4. The summed E-state index contributed by atoms with van der Waals surface area (Å²) in [6, 6.07) is 14.0. The Labute approximate surface area is 157 Å². The minimum atomic E-state index is -0.0110. The van der Waals surface area contributed by atoms with Gasteiger partial charge in [-0.2, -0.15) is 0 Å². The summed E-state index contributed by atoms with van der Waals surface area (Å²) in [6.45, 7) is 3.92. The van der Waals surface area contributed by atoms with Gasteiger partial charge in [0.05, 0.1) is 7.11 Å². The normalized spacial score (nSPS) is 20.1. The van der Waals surface area contributed by atoms with E-state index in [1.165, 1.54) is 5.56 Å². The van der Waals surface area contributed by atoms with E-state index in [1.54, 1.807) is 14.0 Å². The summed E-state index contributed by atoms with van der Waals surface area (Å²) in [7, 11) is 1.66. The van der Waals surface area contributed by atoms with Gasteiger partial charge in [0, 0.05) is 38.5 Å². The van der Waals surface area contributed by atoms with E-state index in [4.69, 9.17) is 9.37 Å². The fraction of sp³-hybridized carbons (Fsp3) is 0.350. The van der Waals surface area contributed by atoms with E-state index in [9.17, 15) is 4.79 Å². The number of nitrogens with zero attached hydrogens (tertiary/aromatic N) is 3. The van der Waals surface area contributed by atoms with Crippen molar-refractivity contribution >= 4 is 16.9 Å². The fourth-order valence-electron chi connectivity index (χ4n) is 3.84. The zero-order chi connectivity index (χ0) is 18.8. The van der Waals surface area contributed by atoms with Crippen molar-refractivity contribution < 1.29 is 14.2 Å². The van der Waals surface area contributed by atoms with Gasteiger partial charge in [-0.3, -0.25) is 9.69 Å². The van der Waals surface area contributed by atoms with E-state index in [-0.39, 0.29) is 17.9 Å². The Bertz CT molecular complexity index is 938. The predicted octanol–water partition coefficient (Wildman–Crippen LogP) is 2.34. The average molecular weight is 366 g/mol. The average Bonchev–Trinajstić information content (AvgIpc) is 3.29. The van der Waals surface area contributed by atoms with Gasteiger partial charge >= 0.3 is 0 Å². The quantitative estimate of drug-likeness (QED) is 0.747. The van der Waals surface area contributed by atoms with Crippen LogP contribution in [0.2, 0.25) is 0 Å². The molecule has 0 saturated carbocycles. The molecular weight excluding hydrogens is 344 g/mol. The highest BCUT2D eigenvalue weighted by atomic mass is 16.6. The lowest BCUT2D eigenvalue weighted by atomic mass is 9.94. The molecule has 1 aliphatic rings. The molecule has 0 aliphatic carbocycles. The molecule has 2 atom stereocenters. The number of likely N-dealkylation sites (tertiary alicyclic amines) is 1. The van der Waals surface area contributed by atoms with Gasteiger partial charge in [-0.15, -0.1) is 0 Å². The molecule has 7 heteroatoms. The number of nitrogens with one attached hydrogen (secondary N) is 1. The third-order valence-corrected chi connectivity index (χ3v) is 5.09. The molecule has 3 aromatic rings. The summed E-state index contributed by atoms with van der Waals surface area (Å²) < 4.78 is 10.1. The number of aromatic nitrogens is 2. The SMILES string of the molecule is COc1ccc(C2CN(Cc3cccc4nonc34)CC2NC(C)=O)cc1. The first kappa shape index (κ1) is 17.5. The van der Waals surface area contributed by atoms with Crippen LogP contribution in [0, 0.1) is 0 Å². The maximum atomic E-state index is 11.7. The molecule has 1 fully saturated rings. The van der Waals surface area contributed by atoms with E-state index in [0.29, 0.717) is 0 Å². The maximum Gasteiger partial charge on any atom is 0.217 e. The number of methoxy groups -OCH3 is 1. The standard InChI is InChI=1S/C20H22N4O3/c1-13(25)21-19-12-24(10-15-4-3-5-18-20(15)23-27-22-18)11-17(19)14-6-8-16(26-2)9-7-14/h3-9,17,19H,10-12H2,1-2H3,(H,21,25). The first-order valence-corrected chi connectivity index (χ1v) is 8.97. The highest BCUT2D eigenvalue weighted by Gasteiger charge is 2.34. The molecule has 2 unspecified atom stereocenters. The lowest BCUT2D eigenvalue weighted by Crippen LogP contribution is -2.38. The summed E-state index contributed by atoms with van der Waals surface area (Å²) in [6.07, 6.45) is 0. The number of benzene rings is 2. The molecule has 0 spiro atoms. The summed E-state index contributed by atoms with van der Waals surface area (Å²) in [4.78, 5) is 14.0. The van der Waals surface area contributed by atoms with Crippen molar-refractivity contribution in [2.75, 3.05) is 20.2 Å². The van der Waals surface area contributed by atoms with Crippen LogP contribution in [0.3, 0.4) is 0 Å². The molecule has 0 bridgehead atoms. The molecule has 1 amide bonds. The number of rotatable bonds is 5. The van der Waals surface area contributed by atoms with Gasteiger partial charge < -0.3 is 10.1 Å². The topological polar surface area (TPSA) is 80.5 Å². The molecule has 0 radical (unpaired) electrons. The number of ether oxygens (including phenoxy) is 1. The van der Waals surface area contributed by atoms with Crippen molar-refractivity contribution in [3.63, 3.8) is 0 Å². The number of fused-ring (bicyclic) bond motifs is 1. The summed E-state index contributed by atoms with van der Waals surface area (Å²) in [5.41, 5.74) is 3.82. The van der Waals surface area contributed by atoms with Gasteiger partial charge in [0.25, 0.3) is 0 Å². The largest absolute Gasteiger partial charge is 0.497 e. The van der Waals surface area contributed by atoms with Gasteiger partial charge in [-0.1, -0.05) is 24.3 Å². The van der Waals surface area contributed by atoms with E-state index in [0.717, 1.165) is 42.0 Å². The number of carbonyl (C=O) groups excluding carboxylic acids is 1. The van der Waals surface area contributed by atoms with Crippen LogP contribution in [-0.4, -0.2) is 47.4 Å². The number of amides is 1. The molecule has 1 saturated heterocycles. The van der Waals surface area contributed by atoms with Gasteiger partial charge in [0.15, 0.2) is 0 Å². The van der Waals surface area contributed by atoms with Gasteiger partial charge in [0.1, 0.15) is 16.8 Å². The van der Waals surface area contributed by atoms with Crippen molar-refractivity contribution in [3.8, 4) is 5.75 Å². The van der Waals surface area contributed by atoms with E-state index in [1.807, 2.05) is 30.3 Å². The van der Waals surface area contributed by atoms with E-state index < -0.39 is 0 Å². The number of hydrogen-bond donors (Lipinski definition) is 1. The Kier molecular flexibility index (Phi) is 4.77. The minimum absolute atomic E-state index is 0.0110. The zero-order valence-electron chi connectivity index (χ0n) is 15.4. The molecule has 4 rings (SSSR count). The molecule has 1 aromatic heterocycles. The van der Waals surface area contributed by atoms with E-state index in [2.05, 4.69) is 32.7 Å². The third kappa shape index (κ3) is 3.64. The van der Waals surface area contributed by atoms with Crippen LogP contribution in [0.25, 0.3) is 11.0 Å². The summed E-state index contributed by atoms with van der Waals surface area (Å²) in [5, 5.41) is 11.1. The monoisotopic (exact) mass is 366 g/mol.